The van der Waals surface area contributed by atoms with Gasteiger partial charge in [0, 0.05) is 12.2 Å². The van der Waals surface area contributed by atoms with Crippen molar-refractivity contribution in [1.82, 2.24) is 0 Å². The number of hydrogen-bond acceptors (Lipinski definition) is 2. The summed E-state index contributed by atoms with van der Waals surface area (Å²) in [5.41, 5.74) is 1.26. The van der Waals surface area contributed by atoms with E-state index < -0.39 is 0 Å². The number of rotatable bonds is 4. The van der Waals surface area contributed by atoms with Crippen LogP contribution in [0.15, 0.2) is 28.7 Å². The molecule has 1 rings (SSSR count). The molecule has 84 valence electrons. The number of hydrogen-bond donors (Lipinski definition) is 0. The molecule has 0 heterocycles. The van der Waals surface area contributed by atoms with E-state index in [1.54, 1.807) is 11.9 Å². The van der Waals surface area contributed by atoms with E-state index in [9.17, 15) is 0 Å². The van der Waals surface area contributed by atoms with Crippen molar-refractivity contribution in [1.29, 1.82) is 0 Å². The molecule has 0 saturated carbocycles. The van der Waals surface area contributed by atoms with E-state index in [1.807, 2.05) is 6.26 Å². The summed E-state index contributed by atoms with van der Waals surface area (Å²) in [6, 6.07) is 0. The van der Waals surface area contributed by atoms with Gasteiger partial charge in [0.1, 0.15) is 0 Å². The maximum atomic E-state index is 4.53. The van der Waals surface area contributed by atoms with Crippen molar-refractivity contribution in [2.45, 2.75) is 33.1 Å². The van der Waals surface area contributed by atoms with Gasteiger partial charge in [-0.1, -0.05) is 44.9 Å². The van der Waals surface area contributed by atoms with Gasteiger partial charge in [0.25, 0.3) is 0 Å². The predicted molar refractivity (Wildman–Crippen MR) is 71.4 cm³/mol. The summed E-state index contributed by atoms with van der Waals surface area (Å²) >= 11 is 1.57. The summed E-state index contributed by atoms with van der Waals surface area (Å²) in [6.45, 7) is 4.60. The van der Waals surface area contributed by atoms with Gasteiger partial charge < -0.3 is 0 Å². The highest BCUT2D eigenvalue weighted by Gasteiger charge is 2.20. The fourth-order valence-corrected chi connectivity index (χ4v) is 2.49. The molecule has 1 aliphatic carbocycles. The largest absolute Gasteiger partial charge is 0.221 e. The smallest absolute Gasteiger partial charge is 0.0523 e. The van der Waals surface area contributed by atoms with Crippen molar-refractivity contribution in [2.24, 2.45) is 16.2 Å². The lowest BCUT2D eigenvalue weighted by molar-refractivity contribution is 0.423. The molecule has 2 unspecified atom stereocenters. The van der Waals surface area contributed by atoms with Crippen LogP contribution < -0.4 is 0 Å². The van der Waals surface area contributed by atoms with Crippen molar-refractivity contribution >= 4 is 17.7 Å². The second kappa shape index (κ2) is 6.89. The molecule has 0 spiro atoms. The van der Waals surface area contributed by atoms with Crippen molar-refractivity contribution in [3.05, 3.63) is 24.3 Å². The van der Waals surface area contributed by atoms with E-state index in [0.29, 0.717) is 5.92 Å². The second-order valence-electron chi connectivity index (χ2n) is 4.09. The average Bonchev–Trinajstić information content (AvgIpc) is 2.44. The third-order valence-electron chi connectivity index (χ3n) is 2.91. The van der Waals surface area contributed by atoms with Crippen LogP contribution in [0.4, 0.5) is 0 Å². The Morgan fingerprint density at radius 2 is 2.33 bits per heavy atom. The van der Waals surface area contributed by atoms with Gasteiger partial charge in [0.05, 0.1) is 5.71 Å². The van der Waals surface area contributed by atoms with E-state index in [0.717, 1.165) is 12.3 Å². The Hall–Kier alpha value is -0.500. The summed E-state index contributed by atoms with van der Waals surface area (Å²) < 4.78 is 4.53. The minimum atomic E-state index is 0.604. The SMILES string of the molecule is CCCC(C)C1CC=CC=C/C1=N/SC. The molecule has 0 bridgehead atoms. The van der Waals surface area contributed by atoms with Crippen molar-refractivity contribution in [3.63, 3.8) is 0 Å². The van der Waals surface area contributed by atoms with Crippen LogP contribution in [0, 0.1) is 11.8 Å². The van der Waals surface area contributed by atoms with Crippen LogP contribution in [0.25, 0.3) is 0 Å². The first-order valence-corrected chi connectivity index (χ1v) is 6.92. The normalized spacial score (nSPS) is 25.5. The molecule has 1 aliphatic rings. The van der Waals surface area contributed by atoms with Gasteiger partial charge in [-0.25, -0.2) is 4.40 Å². The molecule has 1 nitrogen and oxygen atoms in total. The number of allylic oxidation sites excluding steroid dienone is 4. The van der Waals surface area contributed by atoms with Gasteiger partial charge in [-0.05, 0) is 30.4 Å². The van der Waals surface area contributed by atoms with Crippen LogP contribution in [0.3, 0.4) is 0 Å². The fourth-order valence-electron chi connectivity index (χ4n) is 2.09. The molecular weight excluding hydrogens is 202 g/mol. The minimum absolute atomic E-state index is 0.604. The minimum Gasteiger partial charge on any atom is -0.221 e. The summed E-state index contributed by atoms with van der Waals surface area (Å²) in [4.78, 5) is 0. The van der Waals surface area contributed by atoms with Gasteiger partial charge in [-0.3, -0.25) is 0 Å². The predicted octanol–water partition coefficient (Wildman–Crippen LogP) is 4.27. The van der Waals surface area contributed by atoms with Crippen molar-refractivity contribution in [2.75, 3.05) is 6.26 Å². The van der Waals surface area contributed by atoms with Crippen LogP contribution in [0.1, 0.15) is 33.1 Å². The average molecular weight is 223 g/mol. The molecular formula is C13H21NS. The van der Waals surface area contributed by atoms with Crippen LogP contribution >= 0.6 is 11.9 Å². The topological polar surface area (TPSA) is 12.4 Å². The highest BCUT2D eigenvalue weighted by molar-refractivity contribution is 7.97. The van der Waals surface area contributed by atoms with Crippen molar-refractivity contribution in [3.8, 4) is 0 Å². The standard InChI is InChI=1S/C13H21NS/c1-4-8-11(2)12-9-6-5-7-10-13(12)14-15-3/h5-7,10-12H,4,8-9H2,1-3H3/b14-13-. The highest BCUT2D eigenvalue weighted by Crippen LogP contribution is 2.26. The van der Waals surface area contributed by atoms with E-state index in [1.165, 1.54) is 18.6 Å². The molecule has 0 N–H and O–H groups in total. The quantitative estimate of drug-likeness (QED) is 0.648. The van der Waals surface area contributed by atoms with Crippen LogP contribution in [0.5, 0.6) is 0 Å². The van der Waals surface area contributed by atoms with Crippen LogP contribution in [-0.2, 0) is 0 Å². The maximum Gasteiger partial charge on any atom is 0.0523 e. The van der Waals surface area contributed by atoms with Gasteiger partial charge in [0.15, 0.2) is 0 Å². The van der Waals surface area contributed by atoms with Gasteiger partial charge in [-0.15, -0.1) is 0 Å². The first kappa shape index (κ1) is 12.6. The molecule has 15 heavy (non-hydrogen) atoms. The zero-order chi connectivity index (χ0) is 11.1. The lowest BCUT2D eigenvalue weighted by atomic mass is 9.84. The molecule has 0 saturated heterocycles. The third-order valence-corrected chi connectivity index (χ3v) is 3.31. The van der Waals surface area contributed by atoms with Gasteiger partial charge in [-0.2, -0.15) is 0 Å². The Bertz CT molecular complexity index is 266. The highest BCUT2D eigenvalue weighted by atomic mass is 32.2. The van der Waals surface area contributed by atoms with Crippen LogP contribution in [0.2, 0.25) is 0 Å². The number of nitrogens with zero attached hydrogens (tertiary/aromatic N) is 1. The first-order valence-electron chi connectivity index (χ1n) is 5.73. The Kier molecular flexibility index (Phi) is 5.77. The Morgan fingerprint density at radius 3 is 3.00 bits per heavy atom. The monoisotopic (exact) mass is 223 g/mol. The molecule has 0 radical (unpaired) electrons. The van der Waals surface area contributed by atoms with E-state index in [2.05, 4.69) is 42.5 Å². The van der Waals surface area contributed by atoms with E-state index in [-0.39, 0.29) is 0 Å². The molecule has 2 atom stereocenters. The molecule has 0 aromatic carbocycles. The molecule has 0 aromatic heterocycles. The third kappa shape index (κ3) is 3.86. The summed E-state index contributed by atoms with van der Waals surface area (Å²) in [5.74, 6) is 1.33. The maximum absolute atomic E-state index is 4.53. The van der Waals surface area contributed by atoms with Gasteiger partial charge in [0.2, 0.25) is 0 Å². The summed E-state index contributed by atoms with van der Waals surface area (Å²) in [6.07, 6.45) is 14.4. The second-order valence-corrected chi connectivity index (χ2v) is 4.64. The Morgan fingerprint density at radius 1 is 1.53 bits per heavy atom. The van der Waals surface area contributed by atoms with Gasteiger partial charge >= 0.3 is 0 Å². The summed E-state index contributed by atoms with van der Waals surface area (Å²) in [5, 5.41) is 0. The molecule has 0 aromatic rings. The fraction of sp³-hybridized carbons (Fsp3) is 0.615. The Balaban J connectivity index is 2.76. The van der Waals surface area contributed by atoms with E-state index in [4.69, 9.17) is 0 Å². The zero-order valence-electron chi connectivity index (χ0n) is 9.94. The van der Waals surface area contributed by atoms with E-state index >= 15 is 0 Å². The Labute approximate surface area is 97.9 Å². The van der Waals surface area contributed by atoms with Crippen LogP contribution in [-0.4, -0.2) is 12.0 Å². The zero-order valence-corrected chi connectivity index (χ0v) is 10.8. The lowest BCUT2D eigenvalue weighted by Crippen LogP contribution is -2.19. The molecule has 2 heteroatoms. The molecule has 0 fully saturated rings. The first-order chi connectivity index (χ1) is 7.29. The molecule has 0 amide bonds. The van der Waals surface area contributed by atoms with Crippen molar-refractivity contribution < 1.29 is 0 Å². The summed E-state index contributed by atoms with van der Waals surface area (Å²) in [7, 11) is 0. The lowest BCUT2D eigenvalue weighted by Gasteiger charge is -2.21. The molecule has 0 aliphatic heterocycles.